The SMILES string of the molecule is Cc1ccc(C)c(OCCN2C(=O)NC(Cc3c[nH]c4ccccc34)C2=O)c1. The molecule has 1 aliphatic rings. The van der Waals surface area contributed by atoms with E-state index in [0.717, 1.165) is 33.3 Å². The van der Waals surface area contributed by atoms with Crippen LogP contribution in [0.1, 0.15) is 16.7 Å². The third kappa shape index (κ3) is 3.45. The molecule has 2 aromatic carbocycles. The Morgan fingerprint density at radius 3 is 2.79 bits per heavy atom. The fourth-order valence-electron chi connectivity index (χ4n) is 3.56. The van der Waals surface area contributed by atoms with E-state index in [9.17, 15) is 9.59 Å². The number of imide groups is 1. The van der Waals surface area contributed by atoms with E-state index < -0.39 is 6.04 Å². The maximum absolute atomic E-state index is 12.7. The van der Waals surface area contributed by atoms with Gasteiger partial charge >= 0.3 is 6.03 Å². The van der Waals surface area contributed by atoms with Gasteiger partial charge in [0.05, 0.1) is 6.54 Å². The molecule has 1 atom stereocenters. The molecule has 1 aromatic heterocycles. The van der Waals surface area contributed by atoms with Crippen LogP contribution in [0.5, 0.6) is 5.75 Å². The molecule has 4 rings (SSSR count). The Balaban J connectivity index is 1.39. The molecule has 3 aromatic rings. The Morgan fingerprint density at radius 2 is 1.93 bits per heavy atom. The van der Waals surface area contributed by atoms with E-state index in [1.807, 2.05) is 62.5 Å². The van der Waals surface area contributed by atoms with Crippen molar-refractivity contribution in [1.29, 1.82) is 0 Å². The normalized spacial score (nSPS) is 16.6. The van der Waals surface area contributed by atoms with Gasteiger partial charge in [-0.2, -0.15) is 0 Å². The summed E-state index contributed by atoms with van der Waals surface area (Å²) >= 11 is 0. The van der Waals surface area contributed by atoms with E-state index in [-0.39, 0.29) is 25.1 Å². The predicted octanol–water partition coefficient (Wildman–Crippen LogP) is 3.33. The molecule has 3 amide bonds. The number of nitrogens with one attached hydrogen (secondary N) is 2. The number of para-hydroxylation sites is 1. The highest BCUT2D eigenvalue weighted by Gasteiger charge is 2.38. The highest BCUT2D eigenvalue weighted by molar-refractivity contribution is 6.04. The average Bonchev–Trinajstić information content (AvgIpc) is 3.20. The number of fused-ring (bicyclic) bond motifs is 1. The van der Waals surface area contributed by atoms with E-state index >= 15 is 0 Å². The minimum atomic E-state index is -0.549. The predicted molar refractivity (Wildman–Crippen MR) is 107 cm³/mol. The minimum absolute atomic E-state index is 0.208. The highest BCUT2D eigenvalue weighted by Crippen LogP contribution is 2.22. The van der Waals surface area contributed by atoms with Gasteiger partial charge in [0.1, 0.15) is 18.4 Å². The Labute approximate surface area is 163 Å². The van der Waals surface area contributed by atoms with Crippen LogP contribution in [0.25, 0.3) is 10.9 Å². The van der Waals surface area contributed by atoms with Crippen LogP contribution < -0.4 is 10.1 Å². The van der Waals surface area contributed by atoms with Crippen molar-refractivity contribution < 1.29 is 14.3 Å². The molecule has 1 saturated heterocycles. The topological polar surface area (TPSA) is 74.4 Å². The number of ether oxygens (including phenoxy) is 1. The first-order chi connectivity index (χ1) is 13.5. The van der Waals surface area contributed by atoms with E-state index in [2.05, 4.69) is 10.3 Å². The Bertz CT molecular complexity index is 1040. The summed E-state index contributed by atoms with van der Waals surface area (Å²) in [5.41, 5.74) is 4.17. The van der Waals surface area contributed by atoms with Gasteiger partial charge in [-0.25, -0.2) is 4.79 Å². The van der Waals surface area contributed by atoms with Crippen molar-refractivity contribution in [3.63, 3.8) is 0 Å². The van der Waals surface area contributed by atoms with Crippen LogP contribution in [-0.4, -0.2) is 41.0 Å². The van der Waals surface area contributed by atoms with Gasteiger partial charge in [0.2, 0.25) is 0 Å². The number of aromatic amines is 1. The third-order valence-electron chi connectivity index (χ3n) is 5.12. The van der Waals surface area contributed by atoms with Gasteiger partial charge in [-0.15, -0.1) is 0 Å². The van der Waals surface area contributed by atoms with Crippen LogP contribution in [-0.2, 0) is 11.2 Å². The van der Waals surface area contributed by atoms with Crippen molar-refractivity contribution in [2.45, 2.75) is 26.3 Å². The number of aryl methyl sites for hydroxylation is 2. The average molecular weight is 377 g/mol. The summed E-state index contributed by atoms with van der Waals surface area (Å²) in [7, 11) is 0. The lowest BCUT2D eigenvalue weighted by molar-refractivity contribution is -0.127. The van der Waals surface area contributed by atoms with Crippen LogP contribution >= 0.6 is 0 Å². The zero-order chi connectivity index (χ0) is 19.7. The van der Waals surface area contributed by atoms with Gasteiger partial charge in [-0.05, 0) is 42.7 Å². The maximum atomic E-state index is 12.7. The fourth-order valence-corrected chi connectivity index (χ4v) is 3.56. The van der Waals surface area contributed by atoms with Crippen molar-refractivity contribution in [2.75, 3.05) is 13.2 Å². The summed E-state index contributed by atoms with van der Waals surface area (Å²) in [5, 5.41) is 3.86. The summed E-state index contributed by atoms with van der Waals surface area (Å²) < 4.78 is 5.80. The molecule has 2 N–H and O–H groups in total. The second-order valence-corrected chi connectivity index (χ2v) is 7.17. The quantitative estimate of drug-likeness (QED) is 0.647. The van der Waals surface area contributed by atoms with Gasteiger partial charge in [0, 0.05) is 23.5 Å². The number of hydrogen-bond acceptors (Lipinski definition) is 3. The molecule has 28 heavy (non-hydrogen) atoms. The second-order valence-electron chi connectivity index (χ2n) is 7.17. The van der Waals surface area contributed by atoms with Crippen LogP contribution in [0, 0.1) is 13.8 Å². The molecule has 0 aliphatic carbocycles. The van der Waals surface area contributed by atoms with Gasteiger partial charge in [-0.1, -0.05) is 30.3 Å². The van der Waals surface area contributed by atoms with E-state index in [4.69, 9.17) is 4.74 Å². The molecule has 6 heteroatoms. The number of benzene rings is 2. The monoisotopic (exact) mass is 377 g/mol. The first kappa shape index (κ1) is 18.1. The largest absolute Gasteiger partial charge is 0.491 e. The number of urea groups is 1. The molecule has 0 bridgehead atoms. The Morgan fingerprint density at radius 1 is 1.11 bits per heavy atom. The summed E-state index contributed by atoms with van der Waals surface area (Å²) in [6, 6.07) is 13.0. The molecular weight excluding hydrogens is 354 g/mol. The van der Waals surface area contributed by atoms with Crippen molar-refractivity contribution in [1.82, 2.24) is 15.2 Å². The molecule has 0 saturated carbocycles. The number of hydrogen-bond donors (Lipinski definition) is 2. The van der Waals surface area contributed by atoms with E-state index in [1.54, 1.807) is 0 Å². The van der Waals surface area contributed by atoms with E-state index in [1.165, 1.54) is 4.90 Å². The molecular formula is C22H23N3O3. The molecule has 1 fully saturated rings. The molecule has 0 spiro atoms. The van der Waals surface area contributed by atoms with Crippen LogP contribution in [0.15, 0.2) is 48.7 Å². The lowest BCUT2D eigenvalue weighted by atomic mass is 10.1. The lowest BCUT2D eigenvalue weighted by Crippen LogP contribution is -2.35. The lowest BCUT2D eigenvalue weighted by Gasteiger charge is -2.15. The smallest absolute Gasteiger partial charge is 0.324 e. The molecule has 6 nitrogen and oxygen atoms in total. The van der Waals surface area contributed by atoms with Gasteiger partial charge in [0.15, 0.2) is 0 Å². The number of nitrogens with zero attached hydrogens (tertiary/aromatic N) is 1. The summed E-state index contributed by atoms with van der Waals surface area (Å²) in [6.45, 7) is 4.46. The van der Waals surface area contributed by atoms with Crippen LogP contribution in [0.3, 0.4) is 0 Å². The van der Waals surface area contributed by atoms with Crippen LogP contribution in [0.4, 0.5) is 4.79 Å². The molecule has 1 unspecified atom stereocenters. The highest BCUT2D eigenvalue weighted by atomic mass is 16.5. The Kier molecular flexibility index (Phi) is 4.77. The summed E-state index contributed by atoms with van der Waals surface area (Å²) in [6.07, 6.45) is 2.36. The van der Waals surface area contributed by atoms with Gasteiger partial charge in [-0.3, -0.25) is 9.69 Å². The zero-order valence-corrected chi connectivity index (χ0v) is 16.0. The summed E-state index contributed by atoms with van der Waals surface area (Å²) in [4.78, 5) is 29.4. The molecule has 0 radical (unpaired) electrons. The standard InChI is InChI=1S/C22H23N3O3/c1-14-7-8-15(2)20(11-14)28-10-9-25-21(26)19(24-22(25)27)12-16-13-23-18-6-4-3-5-17(16)18/h3-8,11,13,19,23H,9-10,12H2,1-2H3,(H,24,27). The number of aromatic nitrogens is 1. The van der Waals surface area contributed by atoms with Crippen molar-refractivity contribution in [2.24, 2.45) is 0 Å². The maximum Gasteiger partial charge on any atom is 0.324 e. The minimum Gasteiger partial charge on any atom is -0.491 e. The zero-order valence-electron chi connectivity index (χ0n) is 16.0. The number of carbonyl (C=O) groups is 2. The first-order valence-electron chi connectivity index (χ1n) is 9.40. The second kappa shape index (κ2) is 7.38. The van der Waals surface area contributed by atoms with Crippen molar-refractivity contribution in [3.8, 4) is 5.75 Å². The molecule has 2 heterocycles. The summed E-state index contributed by atoms with van der Waals surface area (Å²) in [5.74, 6) is 0.572. The first-order valence-corrected chi connectivity index (χ1v) is 9.40. The van der Waals surface area contributed by atoms with Crippen molar-refractivity contribution in [3.05, 3.63) is 65.4 Å². The molecule has 1 aliphatic heterocycles. The fraction of sp³-hybridized carbons (Fsp3) is 0.273. The van der Waals surface area contributed by atoms with Gasteiger partial charge in [0.25, 0.3) is 5.91 Å². The van der Waals surface area contributed by atoms with E-state index in [0.29, 0.717) is 6.42 Å². The Hall–Kier alpha value is -3.28. The number of carbonyl (C=O) groups excluding carboxylic acids is 2. The van der Waals surface area contributed by atoms with Crippen molar-refractivity contribution >= 4 is 22.8 Å². The van der Waals surface area contributed by atoms with Crippen LogP contribution in [0.2, 0.25) is 0 Å². The number of amides is 3. The molecule has 144 valence electrons. The third-order valence-corrected chi connectivity index (χ3v) is 5.12. The number of rotatable bonds is 6. The van der Waals surface area contributed by atoms with Gasteiger partial charge < -0.3 is 15.0 Å². The number of H-pyrrole nitrogens is 1.